The van der Waals surface area contributed by atoms with Gasteiger partial charge in [-0.05, 0) is 40.3 Å². The Kier molecular flexibility index (Phi) is 5.94. The first-order valence-electron chi connectivity index (χ1n) is 10.9. The minimum atomic E-state index is 0.0293. The van der Waals surface area contributed by atoms with Gasteiger partial charge in [-0.2, -0.15) is 5.10 Å². The smallest absolute Gasteiger partial charge is 0.227 e. The SMILES string of the molecule is CN(Cc1cn(-c2ccccc2)nc1-c1ccccc1)C(=O)Cc1ccc(-n2cnnn2)cc1. The molecule has 5 aromatic rings. The second kappa shape index (κ2) is 9.50. The fourth-order valence-electron chi connectivity index (χ4n) is 3.78. The Morgan fingerprint density at radius 2 is 1.53 bits per heavy atom. The van der Waals surface area contributed by atoms with Crippen molar-refractivity contribution in [2.24, 2.45) is 0 Å². The van der Waals surface area contributed by atoms with Gasteiger partial charge in [0.1, 0.15) is 6.33 Å². The van der Waals surface area contributed by atoms with Crippen LogP contribution >= 0.6 is 0 Å². The second-order valence-electron chi connectivity index (χ2n) is 8.00. The molecule has 5 rings (SSSR count). The van der Waals surface area contributed by atoms with Gasteiger partial charge in [0.2, 0.25) is 5.91 Å². The maximum atomic E-state index is 13.0. The Bertz CT molecular complexity index is 1360. The van der Waals surface area contributed by atoms with E-state index in [1.165, 1.54) is 6.33 Å². The molecule has 0 saturated carbocycles. The number of nitrogens with zero attached hydrogens (tertiary/aromatic N) is 7. The third-order valence-electron chi connectivity index (χ3n) is 5.60. The molecule has 1 amide bonds. The van der Waals surface area contributed by atoms with Crippen LogP contribution in [0.4, 0.5) is 0 Å². The standard InChI is InChI=1S/C26H23N7O/c1-31(25(34)16-20-12-14-24(15-13-20)33-19-27-29-30-33)17-22-18-32(23-10-6-3-7-11-23)28-26(22)21-8-4-2-5-9-21/h2-15,18-19H,16-17H2,1H3. The molecule has 0 aliphatic heterocycles. The van der Waals surface area contributed by atoms with Crippen LogP contribution in [0.3, 0.4) is 0 Å². The van der Waals surface area contributed by atoms with Crippen molar-refractivity contribution in [1.29, 1.82) is 0 Å². The number of tetrazole rings is 1. The van der Waals surface area contributed by atoms with Crippen LogP contribution in [0.15, 0.2) is 97.5 Å². The molecule has 0 saturated heterocycles. The normalized spacial score (nSPS) is 10.9. The molecule has 0 unspecified atom stereocenters. The van der Waals surface area contributed by atoms with Crippen molar-refractivity contribution in [3.05, 3.63) is 109 Å². The maximum Gasteiger partial charge on any atom is 0.227 e. The third-order valence-corrected chi connectivity index (χ3v) is 5.60. The molecule has 0 bridgehead atoms. The summed E-state index contributed by atoms with van der Waals surface area (Å²) in [4.78, 5) is 14.8. The average molecular weight is 450 g/mol. The summed E-state index contributed by atoms with van der Waals surface area (Å²) in [5.41, 5.74) is 5.62. The highest BCUT2D eigenvalue weighted by atomic mass is 16.2. The lowest BCUT2D eigenvalue weighted by molar-refractivity contribution is -0.129. The first-order chi connectivity index (χ1) is 16.7. The van der Waals surface area contributed by atoms with E-state index in [0.29, 0.717) is 13.0 Å². The number of hydrogen-bond donors (Lipinski definition) is 0. The molecule has 0 fully saturated rings. The lowest BCUT2D eigenvalue weighted by atomic mass is 10.1. The minimum absolute atomic E-state index is 0.0293. The quantitative estimate of drug-likeness (QED) is 0.378. The lowest BCUT2D eigenvalue weighted by Gasteiger charge is -2.17. The van der Waals surface area contributed by atoms with E-state index in [1.54, 1.807) is 9.58 Å². The molecule has 0 atom stereocenters. The van der Waals surface area contributed by atoms with E-state index in [2.05, 4.69) is 15.5 Å². The van der Waals surface area contributed by atoms with Crippen LogP contribution in [0.2, 0.25) is 0 Å². The summed E-state index contributed by atoms with van der Waals surface area (Å²) in [5.74, 6) is 0.0293. The summed E-state index contributed by atoms with van der Waals surface area (Å²) in [6, 6.07) is 27.7. The number of likely N-dealkylation sites (N-methyl/N-ethyl adjacent to an activating group) is 1. The van der Waals surface area contributed by atoms with Crippen molar-refractivity contribution in [2.45, 2.75) is 13.0 Å². The van der Waals surface area contributed by atoms with Gasteiger partial charge in [-0.15, -0.1) is 5.10 Å². The molecular weight excluding hydrogens is 426 g/mol. The summed E-state index contributed by atoms with van der Waals surface area (Å²) >= 11 is 0. The number of aromatic nitrogens is 6. The molecule has 0 aliphatic rings. The van der Waals surface area contributed by atoms with Crippen molar-refractivity contribution in [3.63, 3.8) is 0 Å². The number of amides is 1. The van der Waals surface area contributed by atoms with E-state index in [9.17, 15) is 4.79 Å². The maximum absolute atomic E-state index is 13.0. The molecule has 8 heteroatoms. The average Bonchev–Trinajstić information content (AvgIpc) is 3.56. The summed E-state index contributed by atoms with van der Waals surface area (Å²) in [6.45, 7) is 0.457. The zero-order valence-electron chi connectivity index (χ0n) is 18.7. The minimum Gasteiger partial charge on any atom is -0.341 e. The number of rotatable bonds is 7. The number of benzene rings is 3. The zero-order chi connectivity index (χ0) is 23.3. The van der Waals surface area contributed by atoms with E-state index < -0.39 is 0 Å². The molecule has 34 heavy (non-hydrogen) atoms. The van der Waals surface area contributed by atoms with E-state index in [-0.39, 0.29) is 5.91 Å². The molecule has 3 aromatic carbocycles. The summed E-state index contributed by atoms with van der Waals surface area (Å²) in [5, 5.41) is 16.0. The molecule has 0 radical (unpaired) electrons. The molecule has 0 aliphatic carbocycles. The predicted octanol–water partition coefficient (Wildman–Crippen LogP) is 3.72. The summed E-state index contributed by atoms with van der Waals surface area (Å²) in [7, 11) is 1.83. The van der Waals surface area contributed by atoms with Crippen LogP contribution < -0.4 is 0 Å². The fraction of sp³-hybridized carbons (Fsp3) is 0.115. The van der Waals surface area contributed by atoms with Crippen molar-refractivity contribution < 1.29 is 4.79 Å². The largest absolute Gasteiger partial charge is 0.341 e. The summed E-state index contributed by atoms with van der Waals surface area (Å²) < 4.78 is 3.45. The Morgan fingerprint density at radius 1 is 0.853 bits per heavy atom. The Balaban J connectivity index is 1.34. The highest BCUT2D eigenvalue weighted by Crippen LogP contribution is 2.25. The van der Waals surface area contributed by atoms with Gasteiger partial charge in [0, 0.05) is 30.9 Å². The molecular formula is C26H23N7O. The first kappa shape index (κ1) is 21.3. The number of hydrogen-bond acceptors (Lipinski definition) is 5. The van der Waals surface area contributed by atoms with Crippen LogP contribution in [0, 0.1) is 0 Å². The Hall–Kier alpha value is -4.59. The van der Waals surface area contributed by atoms with Crippen LogP contribution in [-0.4, -0.2) is 47.8 Å². The van der Waals surface area contributed by atoms with Gasteiger partial charge in [-0.3, -0.25) is 4.79 Å². The van der Waals surface area contributed by atoms with Gasteiger partial charge in [-0.1, -0.05) is 60.7 Å². The fourth-order valence-corrected chi connectivity index (χ4v) is 3.78. The predicted molar refractivity (Wildman–Crippen MR) is 128 cm³/mol. The zero-order valence-corrected chi connectivity index (χ0v) is 18.7. The molecule has 8 nitrogen and oxygen atoms in total. The highest BCUT2D eigenvalue weighted by molar-refractivity contribution is 5.79. The second-order valence-corrected chi connectivity index (χ2v) is 8.00. The van der Waals surface area contributed by atoms with Gasteiger partial charge >= 0.3 is 0 Å². The number of carbonyl (C=O) groups is 1. The molecule has 2 heterocycles. The molecule has 0 spiro atoms. The van der Waals surface area contributed by atoms with Crippen LogP contribution in [0.1, 0.15) is 11.1 Å². The van der Waals surface area contributed by atoms with Crippen LogP contribution in [-0.2, 0) is 17.8 Å². The van der Waals surface area contributed by atoms with Gasteiger partial charge in [-0.25, -0.2) is 9.36 Å². The third kappa shape index (κ3) is 4.61. The molecule has 2 aromatic heterocycles. The Morgan fingerprint density at radius 3 is 2.21 bits per heavy atom. The van der Waals surface area contributed by atoms with Crippen molar-refractivity contribution in [3.8, 4) is 22.6 Å². The van der Waals surface area contributed by atoms with E-state index in [4.69, 9.17) is 5.10 Å². The van der Waals surface area contributed by atoms with Crippen molar-refractivity contribution in [1.82, 2.24) is 34.9 Å². The van der Waals surface area contributed by atoms with Gasteiger partial charge in [0.15, 0.2) is 0 Å². The van der Waals surface area contributed by atoms with Gasteiger partial charge in [0.05, 0.1) is 23.5 Å². The van der Waals surface area contributed by atoms with Gasteiger partial charge in [0.25, 0.3) is 0 Å². The topological polar surface area (TPSA) is 81.7 Å². The first-order valence-corrected chi connectivity index (χ1v) is 10.9. The molecule has 168 valence electrons. The van der Waals surface area contributed by atoms with Crippen molar-refractivity contribution >= 4 is 5.91 Å². The Labute approximate surface area is 197 Å². The summed E-state index contributed by atoms with van der Waals surface area (Å²) in [6.07, 6.45) is 3.84. The lowest BCUT2D eigenvalue weighted by Crippen LogP contribution is -2.27. The van der Waals surface area contributed by atoms with E-state index in [0.717, 1.165) is 33.8 Å². The monoisotopic (exact) mass is 449 g/mol. The van der Waals surface area contributed by atoms with E-state index in [1.807, 2.05) is 103 Å². The highest BCUT2D eigenvalue weighted by Gasteiger charge is 2.17. The van der Waals surface area contributed by atoms with Gasteiger partial charge < -0.3 is 4.90 Å². The number of para-hydroxylation sites is 1. The van der Waals surface area contributed by atoms with Crippen molar-refractivity contribution in [2.75, 3.05) is 7.05 Å². The van der Waals surface area contributed by atoms with E-state index >= 15 is 0 Å². The molecule has 0 N–H and O–H groups in total. The van der Waals surface area contributed by atoms with Crippen LogP contribution in [0.25, 0.3) is 22.6 Å². The number of carbonyl (C=O) groups excluding carboxylic acids is 1. The van der Waals surface area contributed by atoms with Crippen LogP contribution in [0.5, 0.6) is 0 Å².